The molecular weight excluding hydrogens is 256 g/mol. The minimum atomic E-state index is -0.537. The molecule has 5 heteroatoms. The lowest BCUT2D eigenvalue weighted by Gasteiger charge is -2.31. The summed E-state index contributed by atoms with van der Waals surface area (Å²) >= 11 is 0. The van der Waals surface area contributed by atoms with E-state index in [4.69, 9.17) is 0 Å². The Bertz CT molecular complexity index is 355. The Labute approximate surface area is 121 Å². The summed E-state index contributed by atoms with van der Waals surface area (Å²) in [7, 11) is 0. The van der Waals surface area contributed by atoms with Gasteiger partial charge in [-0.05, 0) is 13.3 Å². The molecule has 1 rings (SSSR count). The molecule has 1 atom stereocenters. The number of nitrogens with one attached hydrogen (secondary N) is 1. The molecule has 0 aromatic carbocycles. The van der Waals surface area contributed by atoms with Gasteiger partial charge in [-0.2, -0.15) is 0 Å². The van der Waals surface area contributed by atoms with Gasteiger partial charge in [0.1, 0.15) is 12.6 Å². The summed E-state index contributed by atoms with van der Waals surface area (Å²) in [5.41, 5.74) is 0. The Kier molecular flexibility index (Phi) is 7.26. The number of amides is 3. The Hall–Kier alpha value is -1.39. The Morgan fingerprint density at radius 1 is 1.15 bits per heavy atom. The standard InChI is InChI=1S/C15H26N2O3/c1-3-4-5-6-7-8-9-10-14(19)17-11-13(18)16-15(20)12(17)2/h12H,3-11H2,1-2H3,(H,16,18,20). The molecule has 0 bridgehead atoms. The summed E-state index contributed by atoms with van der Waals surface area (Å²) in [6.07, 6.45) is 8.47. The molecule has 1 aliphatic rings. The normalized spacial score (nSPS) is 19.1. The molecule has 1 fully saturated rings. The highest BCUT2D eigenvalue weighted by atomic mass is 16.2. The molecule has 1 saturated heterocycles. The molecule has 1 unspecified atom stereocenters. The minimum Gasteiger partial charge on any atom is -0.322 e. The highest BCUT2D eigenvalue weighted by molar-refractivity contribution is 6.04. The van der Waals surface area contributed by atoms with Gasteiger partial charge in [-0.3, -0.25) is 19.7 Å². The molecule has 0 spiro atoms. The molecular formula is C15H26N2O3. The molecule has 1 aliphatic heterocycles. The first-order valence-corrected chi connectivity index (χ1v) is 7.69. The highest BCUT2D eigenvalue weighted by Crippen LogP contribution is 2.12. The molecule has 1 N–H and O–H groups in total. The van der Waals surface area contributed by atoms with Crippen molar-refractivity contribution < 1.29 is 14.4 Å². The first-order valence-electron chi connectivity index (χ1n) is 7.69. The van der Waals surface area contributed by atoms with Crippen molar-refractivity contribution in [3.8, 4) is 0 Å². The van der Waals surface area contributed by atoms with Gasteiger partial charge >= 0.3 is 0 Å². The van der Waals surface area contributed by atoms with Gasteiger partial charge in [-0.15, -0.1) is 0 Å². The van der Waals surface area contributed by atoms with E-state index in [0.717, 1.165) is 19.3 Å². The molecule has 114 valence electrons. The maximum Gasteiger partial charge on any atom is 0.249 e. The van der Waals surface area contributed by atoms with Gasteiger partial charge in [-0.25, -0.2) is 0 Å². The fourth-order valence-corrected chi connectivity index (χ4v) is 2.40. The average molecular weight is 282 g/mol. The van der Waals surface area contributed by atoms with Crippen LogP contribution in [-0.2, 0) is 14.4 Å². The van der Waals surface area contributed by atoms with Crippen LogP contribution in [0.25, 0.3) is 0 Å². The zero-order valence-electron chi connectivity index (χ0n) is 12.6. The van der Waals surface area contributed by atoms with Crippen LogP contribution in [0.3, 0.4) is 0 Å². The van der Waals surface area contributed by atoms with Crippen LogP contribution in [-0.4, -0.2) is 35.2 Å². The molecule has 0 aromatic heterocycles. The van der Waals surface area contributed by atoms with E-state index < -0.39 is 6.04 Å². The van der Waals surface area contributed by atoms with Gasteiger partial charge in [0.25, 0.3) is 0 Å². The van der Waals surface area contributed by atoms with Crippen molar-refractivity contribution in [2.75, 3.05) is 6.54 Å². The number of piperazine rings is 1. The number of hydrogen-bond acceptors (Lipinski definition) is 3. The van der Waals surface area contributed by atoms with Crippen LogP contribution < -0.4 is 5.32 Å². The van der Waals surface area contributed by atoms with E-state index in [0.29, 0.717) is 6.42 Å². The third-order valence-electron chi connectivity index (χ3n) is 3.74. The van der Waals surface area contributed by atoms with Crippen LogP contribution in [0.1, 0.15) is 65.2 Å². The smallest absolute Gasteiger partial charge is 0.249 e. The van der Waals surface area contributed by atoms with E-state index in [1.165, 1.54) is 30.6 Å². The lowest BCUT2D eigenvalue weighted by Crippen LogP contribution is -2.58. The third-order valence-corrected chi connectivity index (χ3v) is 3.74. The van der Waals surface area contributed by atoms with Crippen LogP contribution in [0, 0.1) is 0 Å². The molecule has 5 nitrogen and oxygen atoms in total. The Morgan fingerprint density at radius 3 is 2.40 bits per heavy atom. The van der Waals surface area contributed by atoms with Crippen molar-refractivity contribution in [2.45, 2.75) is 71.3 Å². The molecule has 20 heavy (non-hydrogen) atoms. The quantitative estimate of drug-likeness (QED) is 0.547. The molecule has 0 aliphatic carbocycles. The van der Waals surface area contributed by atoms with Crippen LogP contribution >= 0.6 is 0 Å². The molecule has 0 aromatic rings. The van der Waals surface area contributed by atoms with Gasteiger partial charge in [-0.1, -0.05) is 45.4 Å². The SMILES string of the molecule is CCCCCCCCCC(=O)N1CC(=O)NC(=O)C1C. The fraction of sp³-hybridized carbons (Fsp3) is 0.800. The minimum absolute atomic E-state index is 0.00222. The highest BCUT2D eigenvalue weighted by Gasteiger charge is 2.32. The summed E-state index contributed by atoms with van der Waals surface area (Å²) in [6, 6.07) is -0.537. The van der Waals surface area contributed by atoms with E-state index in [-0.39, 0.29) is 24.3 Å². The van der Waals surface area contributed by atoms with Crippen LogP contribution in [0.5, 0.6) is 0 Å². The second-order valence-electron chi connectivity index (χ2n) is 5.48. The monoisotopic (exact) mass is 282 g/mol. The van der Waals surface area contributed by atoms with Crippen LogP contribution in [0.15, 0.2) is 0 Å². The van der Waals surface area contributed by atoms with Gasteiger partial charge in [0.15, 0.2) is 0 Å². The summed E-state index contributed by atoms with van der Waals surface area (Å²) < 4.78 is 0. The number of hydrogen-bond donors (Lipinski definition) is 1. The Morgan fingerprint density at radius 2 is 1.75 bits per heavy atom. The summed E-state index contributed by atoms with van der Waals surface area (Å²) in [4.78, 5) is 36.2. The number of rotatable bonds is 8. The predicted octanol–water partition coefficient (Wildman–Crippen LogP) is 2.00. The van der Waals surface area contributed by atoms with E-state index in [1.54, 1.807) is 6.92 Å². The van der Waals surface area contributed by atoms with Crippen molar-refractivity contribution in [1.29, 1.82) is 0 Å². The molecule has 3 amide bonds. The van der Waals surface area contributed by atoms with Crippen LogP contribution in [0.4, 0.5) is 0 Å². The van der Waals surface area contributed by atoms with Crippen LogP contribution in [0.2, 0.25) is 0 Å². The summed E-state index contributed by atoms with van der Waals surface area (Å²) in [6.45, 7) is 3.85. The zero-order valence-corrected chi connectivity index (χ0v) is 12.6. The van der Waals surface area contributed by atoms with Crippen molar-refractivity contribution >= 4 is 17.7 Å². The maximum absolute atomic E-state index is 12.0. The fourth-order valence-electron chi connectivity index (χ4n) is 2.40. The van der Waals surface area contributed by atoms with Crippen molar-refractivity contribution in [2.24, 2.45) is 0 Å². The Balaban J connectivity index is 2.21. The van der Waals surface area contributed by atoms with Gasteiger partial charge < -0.3 is 4.90 Å². The third kappa shape index (κ3) is 5.31. The van der Waals surface area contributed by atoms with Gasteiger partial charge in [0.05, 0.1) is 0 Å². The zero-order chi connectivity index (χ0) is 15.0. The maximum atomic E-state index is 12.0. The van der Waals surface area contributed by atoms with Crippen molar-refractivity contribution in [3.05, 3.63) is 0 Å². The number of carbonyl (C=O) groups is 3. The largest absolute Gasteiger partial charge is 0.322 e. The molecule has 1 heterocycles. The van der Waals surface area contributed by atoms with Gasteiger partial charge in [0.2, 0.25) is 17.7 Å². The van der Waals surface area contributed by atoms with E-state index in [1.807, 2.05) is 0 Å². The summed E-state index contributed by atoms with van der Waals surface area (Å²) in [5.74, 6) is -0.857. The second-order valence-corrected chi connectivity index (χ2v) is 5.48. The summed E-state index contributed by atoms with van der Waals surface area (Å²) in [5, 5.41) is 2.24. The topological polar surface area (TPSA) is 66.5 Å². The van der Waals surface area contributed by atoms with Gasteiger partial charge in [0, 0.05) is 6.42 Å². The first kappa shape index (κ1) is 16.7. The average Bonchev–Trinajstić information content (AvgIpc) is 2.41. The number of carbonyl (C=O) groups excluding carboxylic acids is 3. The molecule has 0 saturated carbocycles. The lowest BCUT2D eigenvalue weighted by molar-refractivity contribution is -0.149. The van der Waals surface area contributed by atoms with E-state index in [2.05, 4.69) is 12.2 Å². The lowest BCUT2D eigenvalue weighted by atomic mass is 10.1. The number of imide groups is 1. The van der Waals surface area contributed by atoms with E-state index >= 15 is 0 Å². The number of unbranched alkanes of at least 4 members (excludes halogenated alkanes) is 6. The first-order chi connectivity index (χ1) is 9.56. The number of nitrogens with zero attached hydrogens (tertiary/aromatic N) is 1. The molecule has 0 radical (unpaired) electrons. The van der Waals surface area contributed by atoms with Crippen molar-refractivity contribution in [1.82, 2.24) is 10.2 Å². The van der Waals surface area contributed by atoms with E-state index in [9.17, 15) is 14.4 Å². The predicted molar refractivity (Wildman–Crippen MR) is 76.9 cm³/mol. The van der Waals surface area contributed by atoms with Crippen molar-refractivity contribution in [3.63, 3.8) is 0 Å². The second kappa shape index (κ2) is 8.72.